The second kappa shape index (κ2) is 6.55. The Morgan fingerprint density at radius 3 is 1.96 bits per heavy atom. The van der Waals surface area contributed by atoms with Crippen molar-refractivity contribution in [2.24, 2.45) is 5.73 Å². The first-order valence-electron chi connectivity index (χ1n) is 8.91. The molecule has 1 aliphatic heterocycles. The van der Waals surface area contributed by atoms with Crippen LogP contribution in [0, 0.1) is 0 Å². The van der Waals surface area contributed by atoms with E-state index in [1.165, 1.54) is 24.0 Å². The van der Waals surface area contributed by atoms with E-state index < -0.39 is 0 Å². The maximum absolute atomic E-state index is 6.64. The minimum absolute atomic E-state index is 0.0989. The van der Waals surface area contributed by atoms with E-state index in [1.807, 2.05) is 11.8 Å². The summed E-state index contributed by atoms with van der Waals surface area (Å²) in [6, 6.07) is 21.9. The molecule has 1 heterocycles. The quantitative estimate of drug-likeness (QED) is 0.884. The van der Waals surface area contributed by atoms with Gasteiger partial charge in [0.15, 0.2) is 0 Å². The van der Waals surface area contributed by atoms with Crippen molar-refractivity contribution in [2.45, 2.75) is 42.1 Å². The fourth-order valence-electron chi connectivity index (χ4n) is 4.43. The third-order valence-electron chi connectivity index (χ3n) is 5.50. The monoisotopic (exact) mass is 339 g/mol. The van der Waals surface area contributed by atoms with E-state index in [2.05, 4.69) is 60.7 Å². The molecule has 2 nitrogen and oxygen atoms in total. The molecule has 2 N–H and O–H groups in total. The Kier molecular flexibility index (Phi) is 4.42. The van der Waals surface area contributed by atoms with Crippen molar-refractivity contribution >= 4 is 11.8 Å². The van der Waals surface area contributed by atoms with Gasteiger partial charge in [-0.25, -0.2) is 0 Å². The van der Waals surface area contributed by atoms with Gasteiger partial charge in [-0.05, 0) is 24.0 Å². The summed E-state index contributed by atoms with van der Waals surface area (Å²) in [5.74, 6) is 0.922. The molecular formula is C21H25NOS. The zero-order chi connectivity index (χ0) is 16.5. The van der Waals surface area contributed by atoms with E-state index in [1.54, 1.807) is 0 Å². The summed E-state index contributed by atoms with van der Waals surface area (Å²) < 4.78 is 6.46. The molecule has 0 amide bonds. The van der Waals surface area contributed by atoms with Crippen LogP contribution in [0.4, 0.5) is 0 Å². The van der Waals surface area contributed by atoms with Gasteiger partial charge in [0.2, 0.25) is 0 Å². The average molecular weight is 340 g/mol. The van der Waals surface area contributed by atoms with Gasteiger partial charge < -0.3 is 10.5 Å². The van der Waals surface area contributed by atoms with Crippen molar-refractivity contribution in [2.75, 3.05) is 12.4 Å². The van der Waals surface area contributed by atoms with Crippen LogP contribution in [0.15, 0.2) is 60.7 Å². The fourth-order valence-corrected chi connectivity index (χ4v) is 6.12. The summed E-state index contributed by atoms with van der Waals surface area (Å²) in [5.41, 5.74) is 8.85. The molecule has 4 rings (SSSR count). The van der Waals surface area contributed by atoms with Crippen LogP contribution in [0.2, 0.25) is 0 Å². The third-order valence-corrected chi connectivity index (χ3v) is 7.37. The fraction of sp³-hybridized carbons (Fsp3) is 0.429. The molecule has 1 saturated carbocycles. The van der Waals surface area contributed by atoms with Gasteiger partial charge in [-0.3, -0.25) is 0 Å². The number of benzene rings is 2. The molecule has 2 aromatic rings. The first kappa shape index (κ1) is 16.2. The summed E-state index contributed by atoms with van der Waals surface area (Å²) in [4.78, 5) is 0. The van der Waals surface area contributed by atoms with Gasteiger partial charge in [-0.15, -0.1) is 11.8 Å². The molecule has 126 valence electrons. The molecule has 1 atom stereocenters. The van der Waals surface area contributed by atoms with E-state index >= 15 is 0 Å². The highest BCUT2D eigenvalue weighted by Gasteiger charge is 2.57. The maximum atomic E-state index is 6.64. The normalized spacial score (nSPS) is 25.5. The average Bonchev–Trinajstić information content (AvgIpc) is 3.07. The molecule has 2 aromatic carbocycles. The highest BCUT2D eigenvalue weighted by Crippen LogP contribution is 2.59. The lowest BCUT2D eigenvalue weighted by Gasteiger charge is -2.47. The predicted molar refractivity (Wildman–Crippen MR) is 101 cm³/mol. The van der Waals surface area contributed by atoms with Crippen molar-refractivity contribution < 1.29 is 4.74 Å². The molecule has 1 saturated heterocycles. The Balaban J connectivity index is 1.96. The topological polar surface area (TPSA) is 35.2 Å². The van der Waals surface area contributed by atoms with Crippen LogP contribution in [0.25, 0.3) is 0 Å². The molecule has 2 aliphatic rings. The lowest BCUT2D eigenvalue weighted by Crippen LogP contribution is -2.50. The largest absolute Gasteiger partial charge is 0.371 e. The van der Waals surface area contributed by atoms with Crippen LogP contribution >= 0.6 is 11.8 Å². The zero-order valence-corrected chi connectivity index (χ0v) is 14.8. The van der Waals surface area contributed by atoms with Crippen LogP contribution in [-0.4, -0.2) is 24.0 Å². The summed E-state index contributed by atoms with van der Waals surface area (Å²) in [6.45, 7) is 0.661. The van der Waals surface area contributed by atoms with Gasteiger partial charge in [-0.1, -0.05) is 73.5 Å². The van der Waals surface area contributed by atoms with Crippen LogP contribution < -0.4 is 5.73 Å². The summed E-state index contributed by atoms with van der Waals surface area (Å²) in [7, 11) is 0. The highest BCUT2D eigenvalue weighted by molar-refractivity contribution is 8.00. The number of hydrogen-bond acceptors (Lipinski definition) is 3. The van der Waals surface area contributed by atoms with Gasteiger partial charge in [0.1, 0.15) is 0 Å². The summed E-state index contributed by atoms with van der Waals surface area (Å²) in [6.07, 6.45) is 4.68. The standard InChI is InChI=1S/C21H25NOS/c22-19-15-23-20(13-7-8-14-20)21(24-16-19,17-9-3-1-4-10-17)18-11-5-2-6-12-18/h1-6,9-12,19H,7-8,13-16,22H2/t19-/m1/s1. The van der Waals surface area contributed by atoms with Crippen LogP contribution in [0.5, 0.6) is 0 Å². The molecule has 0 aromatic heterocycles. The van der Waals surface area contributed by atoms with E-state index in [0.29, 0.717) is 6.61 Å². The number of thioether (sulfide) groups is 1. The van der Waals surface area contributed by atoms with Gasteiger partial charge in [-0.2, -0.15) is 0 Å². The molecule has 3 heteroatoms. The smallest absolute Gasteiger partial charge is 0.0947 e. The Morgan fingerprint density at radius 2 is 1.42 bits per heavy atom. The van der Waals surface area contributed by atoms with Crippen molar-refractivity contribution in [1.82, 2.24) is 0 Å². The molecule has 0 bridgehead atoms. The molecule has 1 spiro atoms. The number of rotatable bonds is 2. The second-order valence-corrected chi connectivity index (χ2v) is 8.23. The first-order valence-corrected chi connectivity index (χ1v) is 9.90. The highest BCUT2D eigenvalue weighted by atomic mass is 32.2. The Labute approximate surface area is 148 Å². The van der Waals surface area contributed by atoms with Crippen molar-refractivity contribution in [1.29, 1.82) is 0 Å². The van der Waals surface area contributed by atoms with E-state index in [4.69, 9.17) is 10.5 Å². The Bertz CT molecular complexity index is 627. The van der Waals surface area contributed by atoms with Gasteiger partial charge in [0.05, 0.1) is 17.0 Å². The molecule has 0 radical (unpaired) electrons. The lowest BCUT2D eigenvalue weighted by molar-refractivity contribution is -0.0614. The predicted octanol–water partition coefficient (Wildman–Crippen LogP) is 4.33. The van der Waals surface area contributed by atoms with Crippen LogP contribution in [-0.2, 0) is 9.48 Å². The molecule has 2 fully saturated rings. The van der Waals surface area contributed by atoms with E-state index in [0.717, 1.165) is 18.6 Å². The number of nitrogens with two attached hydrogens (primary N) is 1. The maximum Gasteiger partial charge on any atom is 0.0947 e. The number of ether oxygens (including phenoxy) is 1. The summed E-state index contributed by atoms with van der Waals surface area (Å²) >= 11 is 1.99. The van der Waals surface area contributed by atoms with Gasteiger partial charge in [0.25, 0.3) is 0 Å². The van der Waals surface area contributed by atoms with Gasteiger partial charge >= 0.3 is 0 Å². The van der Waals surface area contributed by atoms with Crippen molar-refractivity contribution in [3.05, 3.63) is 71.8 Å². The van der Waals surface area contributed by atoms with Gasteiger partial charge in [0, 0.05) is 11.8 Å². The molecule has 24 heavy (non-hydrogen) atoms. The minimum Gasteiger partial charge on any atom is -0.371 e. The summed E-state index contributed by atoms with van der Waals surface area (Å²) in [5, 5.41) is 0. The molecule has 0 unspecified atom stereocenters. The Morgan fingerprint density at radius 1 is 0.875 bits per heavy atom. The molecular weight excluding hydrogens is 314 g/mol. The second-order valence-electron chi connectivity index (χ2n) is 7.00. The van der Waals surface area contributed by atoms with E-state index in [-0.39, 0.29) is 16.4 Å². The Hall–Kier alpha value is -1.29. The van der Waals surface area contributed by atoms with Crippen LogP contribution in [0.1, 0.15) is 36.8 Å². The molecule has 1 aliphatic carbocycles. The lowest BCUT2D eigenvalue weighted by atomic mass is 9.75. The zero-order valence-electron chi connectivity index (χ0n) is 14.0. The SMILES string of the molecule is N[C@@H]1COC2(CCCC2)C(c2ccccc2)(c2ccccc2)SC1. The first-order chi connectivity index (χ1) is 11.8. The van der Waals surface area contributed by atoms with Crippen molar-refractivity contribution in [3.8, 4) is 0 Å². The third kappa shape index (κ3) is 2.50. The number of hydrogen-bond donors (Lipinski definition) is 1. The minimum atomic E-state index is -0.180. The van der Waals surface area contributed by atoms with Crippen molar-refractivity contribution in [3.63, 3.8) is 0 Å². The van der Waals surface area contributed by atoms with E-state index in [9.17, 15) is 0 Å². The van der Waals surface area contributed by atoms with Crippen LogP contribution in [0.3, 0.4) is 0 Å².